The van der Waals surface area contributed by atoms with Gasteiger partial charge in [-0.2, -0.15) is 13.5 Å². The van der Waals surface area contributed by atoms with Gasteiger partial charge in [-0.25, -0.2) is 13.1 Å². The third-order valence-electron chi connectivity index (χ3n) is 4.76. The average molecular weight is 455 g/mol. The van der Waals surface area contributed by atoms with E-state index >= 15 is 0 Å². The van der Waals surface area contributed by atoms with Crippen LogP contribution in [-0.2, 0) is 26.5 Å². The molecule has 0 spiro atoms. The maximum absolute atomic E-state index is 13.3. The van der Waals surface area contributed by atoms with Crippen molar-refractivity contribution in [1.82, 2.24) is 9.78 Å². The Bertz CT molecular complexity index is 1250. The molecule has 1 heterocycles. The first-order valence-corrected chi connectivity index (χ1v) is 12.9. The van der Waals surface area contributed by atoms with Crippen LogP contribution in [0.15, 0.2) is 28.8 Å². The van der Waals surface area contributed by atoms with Crippen molar-refractivity contribution in [1.29, 1.82) is 0 Å². The molecule has 0 amide bonds. The molecule has 0 saturated heterocycles. The van der Waals surface area contributed by atoms with Gasteiger partial charge in [0.25, 0.3) is 0 Å². The van der Waals surface area contributed by atoms with Crippen LogP contribution < -0.4 is 4.18 Å². The van der Waals surface area contributed by atoms with Crippen molar-refractivity contribution < 1.29 is 25.8 Å². The molecule has 10 heteroatoms. The van der Waals surface area contributed by atoms with Crippen molar-refractivity contribution in [2.45, 2.75) is 46.1 Å². The minimum atomic E-state index is -3.89. The highest BCUT2D eigenvalue weighted by Gasteiger charge is 2.27. The van der Waals surface area contributed by atoms with Gasteiger partial charge in [-0.15, -0.1) is 0 Å². The molecule has 0 atom stereocenters. The number of aryl methyl sites for hydroxylation is 1. The molecule has 0 N–H and O–H groups in total. The molecule has 2 aromatic rings. The molecule has 0 aliphatic rings. The van der Waals surface area contributed by atoms with Crippen molar-refractivity contribution >= 4 is 31.3 Å². The summed E-state index contributed by atoms with van der Waals surface area (Å²) in [6.45, 7) is 9.22. The summed E-state index contributed by atoms with van der Waals surface area (Å²) in [5.74, 6) is -0.675. The van der Waals surface area contributed by atoms with Crippen LogP contribution in [0.1, 0.15) is 54.7 Å². The van der Waals surface area contributed by atoms with E-state index in [0.717, 1.165) is 23.7 Å². The van der Waals surface area contributed by atoms with E-state index in [9.17, 15) is 21.6 Å². The zero-order valence-corrected chi connectivity index (χ0v) is 19.7. The Balaban J connectivity index is 2.79. The summed E-state index contributed by atoms with van der Waals surface area (Å²) in [6, 6.07) is 2.84. The lowest BCUT2D eigenvalue weighted by Crippen LogP contribution is -2.14. The van der Waals surface area contributed by atoms with Crippen LogP contribution in [0.3, 0.4) is 0 Å². The molecule has 30 heavy (non-hydrogen) atoms. The second-order valence-corrected chi connectivity index (χ2v) is 10.9. The van der Waals surface area contributed by atoms with Crippen molar-refractivity contribution in [2.75, 3.05) is 12.5 Å². The molecular formula is C20H26N2O6S2. The standard InChI is InChI=1S/C20H26N2O6S2/c1-8-22-20(28-30(7,26)27)16(11-21-22)19(23)15-9-10-17(29(6,24)25)18(14(15)5)13(4)12(2)3/h9-11H,8H2,1-7H3. The zero-order valence-electron chi connectivity index (χ0n) is 18.1. The van der Waals surface area contributed by atoms with Crippen molar-refractivity contribution in [3.05, 3.63) is 46.2 Å². The smallest absolute Gasteiger partial charge is 0.307 e. The van der Waals surface area contributed by atoms with Gasteiger partial charge in [0.05, 0.1) is 17.3 Å². The molecular weight excluding hydrogens is 428 g/mol. The fourth-order valence-electron chi connectivity index (χ4n) is 3.09. The molecule has 1 aromatic carbocycles. The van der Waals surface area contributed by atoms with Crippen LogP contribution in [0.2, 0.25) is 0 Å². The maximum Gasteiger partial charge on any atom is 0.307 e. The van der Waals surface area contributed by atoms with Crippen LogP contribution in [0.4, 0.5) is 0 Å². The maximum atomic E-state index is 13.3. The first-order chi connectivity index (χ1) is 13.7. The van der Waals surface area contributed by atoms with Gasteiger partial charge in [0.2, 0.25) is 5.88 Å². The molecule has 0 aliphatic carbocycles. The van der Waals surface area contributed by atoms with E-state index in [0.29, 0.717) is 17.7 Å². The number of carbonyl (C=O) groups is 1. The summed E-state index contributed by atoms with van der Waals surface area (Å²) in [7, 11) is -7.43. The molecule has 1 aromatic heterocycles. The Morgan fingerprint density at radius 1 is 1.07 bits per heavy atom. The van der Waals surface area contributed by atoms with Gasteiger partial charge in [0, 0.05) is 18.4 Å². The van der Waals surface area contributed by atoms with Crippen LogP contribution >= 0.6 is 0 Å². The molecule has 0 aliphatic heterocycles. The summed E-state index contributed by atoms with van der Waals surface area (Å²) >= 11 is 0. The number of carbonyl (C=O) groups excluding carboxylic acids is 1. The number of benzene rings is 1. The van der Waals surface area contributed by atoms with Gasteiger partial charge in [-0.05, 0) is 63.5 Å². The number of nitrogens with zero attached hydrogens (tertiary/aromatic N) is 2. The van der Waals surface area contributed by atoms with Crippen LogP contribution in [-0.4, -0.2) is 44.9 Å². The quantitative estimate of drug-likeness (QED) is 0.467. The fourth-order valence-corrected chi connectivity index (χ4v) is 4.54. The second kappa shape index (κ2) is 8.35. The monoisotopic (exact) mass is 454 g/mol. The third kappa shape index (κ3) is 4.81. The highest BCUT2D eigenvalue weighted by atomic mass is 32.2. The summed E-state index contributed by atoms with van der Waals surface area (Å²) in [5, 5.41) is 4.04. The highest BCUT2D eigenvalue weighted by Crippen LogP contribution is 2.33. The number of rotatable bonds is 7. The lowest BCUT2D eigenvalue weighted by Gasteiger charge is -2.17. The van der Waals surface area contributed by atoms with Gasteiger partial charge in [0.15, 0.2) is 15.6 Å². The Hall–Kier alpha value is -2.46. The normalized spacial score (nSPS) is 12.0. The van der Waals surface area contributed by atoms with E-state index in [-0.39, 0.29) is 21.9 Å². The first-order valence-electron chi connectivity index (χ1n) is 9.17. The Labute approximate surface area is 177 Å². The number of allylic oxidation sites excluding steroid dienone is 2. The topological polar surface area (TPSA) is 112 Å². The SMILES string of the molecule is CCn1ncc(C(=O)c2ccc(S(C)(=O)=O)c(C(C)=C(C)C)c2C)c1OS(C)(=O)=O. The molecule has 0 saturated carbocycles. The summed E-state index contributed by atoms with van der Waals surface area (Å²) in [6.07, 6.45) is 3.26. The van der Waals surface area contributed by atoms with Gasteiger partial charge in [-0.1, -0.05) is 5.57 Å². The van der Waals surface area contributed by atoms with Gasteiger partial charge in [0.1, 0.15) is 5.56 Å². The highest BCUT2D eigenvalue weighted by molar-refractivity contribution is 7.90. The van der Waals surface area contributed by atoms with Crippen LogP contribution in [0.25, 0.3) is 5.57 Å². The molecule has 0 fully saturated rings. The van der Waals surface area contributed by atoms with Crippen molar-refractivity contribution in [3.63, 3.8) is 0 Å². The molecule has 0 radical (unpaired) electrons. The third-order valence-corrected chi connectivity index (χ3v) is 6.36. The Morgan fingerprint density at radius 3 is 2.13 bits per heavy atom. The molecule has 164 valence electrons. The van der Waals surface area contributed by atoms with Crippen LogP contribution in [0.5, 0.6) is 5.88 Å². The summed E-state index contributed by atoms with van der Waals surface area (Å²) in [4.78, 5) is 13.4. The Morgan fingerprint density at radius 2 is 1.67 bits per heavy atom. The molecule has 0 unspecified atom stereocenters. The van der Waals surface area contributed by atoms with E-state index in [1.54, 1.807) is 20.8 Å². The van der Waals surface area contributed by atoms with E-state index in [1.165, 1.54) is 23.0 Å². The number of ketones is 1. The lowest BCUT2D eigenvalue weighted by molar-refractivity contribution is 0.103. The molecule has 2 rings (SSSR count). The first kappa shape index (κ1) is 23.8. The van der Waals surface area contributed by atoms with E-state index < -0.39 is 25.7 Å². The number of hydrogen-bond donors (Lipinski definition) is 0. The van der Waals surface area contributed by atoms with Crippen LogP contribution in [0, 0.1) is 6.92 Å². The average Bonchev–Trinajstić information content (AvgIpc) is 3.00. The predicted octanol–water partition coefficient (Wildman–Crippen LogP) is 3.00. The minimum Gasteiger partial charge on any atom is -0.361 e. The van der Waals surface area contributed by atoms with Gasteiger partial charge >= 0.3 is 10.1 Å². The lowest BCUT2D eigenvalue weighted by atomic mass is 9.91. The zero-order chi connectivity index (χ0) is 23.0. The Kier molecular flexibility index (Phi) is 6.63. The minimum absolute atomic E-state index is 0.0155. The summed E-state index contributed by atoms with van der Waals surface area (Å²) in [5.41, 5.74) is 2.84. The molecule has 0 bridgehead atoms. The van der Waals surface area contributed by atoms with Crippen molar-refractivity contribution in [2.24, 2.45) is 0 Å². The second-order valence-electron chi connectivity index (χ2n) is 7.30. The van der Waals surface area contributed by atoms with E-state index in [2.05, 4.69) is 5.10 Å². The van der Waals surface area contributed by atoms with E-state index in [1.807, 2.05) is 13.8 Å². The summed E-state index contributed by atoms with van der Waals surface area (Å²) < 4.78 is 54.3. The number of aromatic nitrogens is 2. The largest absolute Gasteiger partial charge is 0.361 e. The predicted molar refractivity (Wildman–Crippen MR) is 115 cm³/mol. The number of sulfone groups is 1. The number of hydrogen-bond acceptors (Lipinski definition) is 7. The van der Waals surface area contributed by atoms with Gasteiger partial charge in [-0.3, -0.25) is 4.79 Å². The molecule has 8 nitrogen and oxygen atoms in total. The fraction of sp³-hybridized carbons (Fsp3) is 0.400. The van der Waals surface area contributed by atoms with E-state index in [4.69, 9.17) is 4.18 Å². The van der Waals surface area contributed by atoms with Crippen molar-refractivity contribution in [3.8, 4) is 5.88 Å². The van der Waals surface area contributed by atoms with Gasteiger partial charge < -0.3 is 4.18 Å².